The first-order chi connectivity index (χ1) is 8.69. The predicted molar refractivity (Wildman–Crippen MR) is 65.7 cm³/mol. The third-order valence-corrected chi connectivity index (χ3v) is 2.06. The van der Waals surface area contributed by atoms with Crippen molar-refractivity contribution in [1.82, 2.24) is 9.97 Å². The highest BCUT2D eigenvalue weighted by Gasteiger charge is 2.05. The van der Waals surface area contributed by atoms with Crippen molar-refractivity contribution in [3.8, 4) is 0 Å². The van der Waals surface area contributed by atoms with Crippen LogP contribution < -0.4 is 16.6 Å². The van der Waals surface area contributed by atoms with Crippen molar-refractivity contribution in [3.63, 3.8) is 0 Å². The van der Waals surface area contributed by atoms with Gasteiger partial charge in [0, 0.05) is 19.7 Å². The summed E-state index contributed by atoms with van der Waals surface area (Å²) < 4.78 is 9.48. The normalized spacial score (nSPS) is 9.94. The third-order valence-electron chi connectivity index (χ3n) is 2.06. The molecule has 0 atom stereocenters. The number of nitrogens with one attached hydrogen (secondary N) is 2. The lowest BCUT2D eigenvalue weighted by atomic mass is 10.4. The Bertz CT molecular complexity index is 399. The monoisotopic (exact) mass is 255 g/mol. The number of carbonyl (C=O) groups excluding carboxylic acids is 1. The van der Waals surface area contributed by atoms with E-state index >= 15 is 0 Å². The summed E-state index contributed by atoms with van der Waals surface area (Å²) in [5.74, 6) is 6.54. The third kappa shape index (κ3) is 4.52. The number of hydrazine groups is 1. The molecule has 0 aliphatic heterocycles. The number of methoxy groups -OCH3 is 2. The average Bonchev–Trinajstić information content (AvgIpc) is 2.38. The number of hydrogen-bond acceptors (Lipinski definition) is 8. The van der Waals surface area contributed by atoms with Gasteiger partial charge >= 0.3 is 5.97 Å². The molecule has 1 rings (SSSR count). The van der Waals surface area contributed by atoms with Gasteiger partial charge in [0.1, 0.15) is 18.2 Å². The van der Waals surface area contributed by atoms with Gasteiger partial charge in [0.25, 0.3) is 0 Å². The summed E-state index contributed by atoms with van der Waals surface area (Å²) in [6, 6.07) is 1.64. The molecule has 1 aromatic heterocycles. The van der Waals surface area contributed by atoms with Crippen LogP contribution in [-0.4, -0.2) is 36.7 Å². The SMILES string of the molecule is COCc1nc(NN)cc(NCCC(=O)OC)n1. The molecule has 0 saturated heterocycles. The van der Waals surface area contributed by atoms with Gasteiger partial charge in [-0.25, -0.2) is 15.8 Å². The van der Waals surface area contributed by atoms with Crippen LogP contribution in [0.4, 0.5) is 11.6 Å². The summed E-state index contributed by atoms with van der Waals surface area (Å²) >= 11 is 0. The Morgan fingerprint density at radius 3 is 2.72 bits per heavy atom. The maximum atomic E-state index is 10.9. The topological polar surface area (TPSA) is 111 Å². The van der Waals surface area contributed by atoms with E-state index in [9.17, 15) is 4.79 Å². The lowest BCUT2D eigenvalue weighted by molar-refractivity contribution is -0.140. The number of esters is 1. The van der Waals surface area contributed by atoms with E-state index in [4.69, 9.17) is 10.6 Å². The van der Waals surface area contributed by atoms with Gasteiger partial charge in [-0.2, -0.15) is 0 Å². The molecule has 0 aliphatic carbocycles. The molecule has 0 unspecified atom stereocenters. The van der Waals surface area contributed by atoms with Gasteiger partial charge in [-0.1, -0.05) is 0 Å². The molecule has 0 radical (unpaired) electrons. The van der Waals surface area contributed by atoms with Crippen LogP contribution >= 0.6 is 0 Å². The first-order valence-electron chi connectivity index (χ1n) is 5.33. The minimum Gasteiger partial charge on any atom is -0.469 e. The molecule has 18 heavy (non-hydrogen) atoms. The standard InChI is InChI=1S/C10H17N5O3/c1-17-6-9-13-7(5-8(14-9)15-11)12-4-3-10(16)18-2/h5H,3-4,6,11H2,1-2H3,(H2,12,13,14,15). The summed E-state index contributed by atoms with van der Waals surface area (Å²) in [5, 5.41) is 2.98. The van der Waals surface area contributed by atoms with Gasteiger partial charge < -0.3 is 20.2 Å². The van der Waals surface area contributed by atoms with E-state index in [-0.39, 0.29) is 19.0 Å². The number of nitrogens with two attached hydrogens (primary N) is 1. The molecule has 100 valence electrons. The van der Waals surface area contributed by atoms with E-state index in [1.165, 1.54) is 7.11 Å². The Labute approximate surface area is 105 Å². The molecule has 4 N–H and O–H groups in total. The van der Waals surface area contributed by atoms with Crippen molar-refractivity contribution in [2.24, 2.45) is 5.84 Å². The fourth-order valence-electron chi connectivity index (χ4n) is 1.25. The number of rotatable bonds is 7. The maximum Gasteiger partial charge on any atom is 0.307 e. The minimum atomic E-state index is -0.286. The van der Waals surface area contributed by atoms with Gasteiger partial charge in [0.05, 0.1) is 13.5 Å². The molecule has 8 nitrogen and oxygen atoms in total. The van der Waals surface area contributed by atoms with Crippen LogP contribution in [0.3, 0.4) is 0 Å². The summed E-state index contributed by atoms with van der Waals surface area (Å²) in [4.78, 5) is 19.2. The van der Waals surface area contributed by atoms with Crippen LogP contribution in [0, 0.1) is 0 Å². The first-order valence-corrected chi connectivity index (χ1v) is 5.33. The minimum absolute atomic E-state index is 0.255. The van der Waals surface area contributed by atoms with E-state index < -0.39 is 0 Å². The van der Waals surface area contributed by atoms with Crippen LogP contribution in [0.2, 0.25) is 0 Å². The smallest absolute Gasteiger partial charge is 0.307 e. The molecule has 0 saturated carbocycles. The first kappa shape index (κ1) is 14.1. The highest BCUT2D eigenvalue weighted by atomic mass is 16.5. The fourth-order valence-corrected chi connectivity index (χ4v) is 1.25. The van der Waals surface area contributed by atoms with Crippen LogP contribution in [0.25, 0.3) is 0 Å². The van der Waals surface area contributed by atoms with Gasteiger partial charge in [0.15, 0.2) is 5.82 Å². The molecule has 0 amide bonds. The van der Waals surface area contributed by atoms with E-state index in [1.807, 2.05) is 0 Å². The predicted octanol–water partition coefficient (Wildman–Crippen LogP) is -0.116. The van der Waals surface area contributed by atoms with Crippen molar-refractivity contribution in [1.29, 1.82) is 0 Å². The number of anilines is 2. The second-order valence-corrected chi connectivity index (χ2v) is 3.38. The number of hydrogen-bond donors (Lipinski definition) is 3. The number of carbonyl (C=O) groups is 1. The second-order valence-electron chi connectivity index (χ2n) is 3.38. The van der Waals surface area contributed by atoms with Crippen LogP contribution in [0.15, 0.2) is 6.07 Å². The van der Waals surface area contributed by atoms with Crippen molar-refractivity contribution in [2.45, 2.75) is 13.0 Å². The van der Waals surface area contributed by atoms with Gasteiger partial charge in [-0.05, 0) is 0 Å². The Morgan fingerprint density at radius 1 is 1.39 bits per heavy atom. The highest BCUT2D eigenvalue weighted by Crippen LogP contribution is 2.10. The summed E-state index contributed by atoms with van der Waals surface area (Å²) in [6.07, 6.45) is 0.255. The van der Waals surface area contributed by atoms with Gasteiger partial charge in [0.2, 0.25) is 0 Å². The summed E-state index contributed by atoms with van der Waals surface area (Å²) in [6.45, 7) is 0.696. The molecular weight excluding hydrogens is 238 g/mol. The summed E-state index contributed by atoms with van der Waals surface area (Å²) in [7, 11) is 2.90. The zero-order valence-electron chi connectivity index (χ0n) is 10.4. The van der Waals surface area contributed by atoms with E-state index in [2.05, 4.69) is 25.4 Å². The molecule has 1 aromatic rings. The lowest BCUT2D eigenvalue weighted by Crippen LogP contribution is -2.14. The Hall–Kier alpha value is -1.93. The Kier molecular flexibility index (Phi) is 5.81. The lowest BCUT2D eigenvalue weighted by Gasteiger charge is -2.08. The number of aromatic nitrogens is 2. The molecule has 0 bridgehead atoms. The highest BCUT2D eigenvalue weighted by molar-refractivity contribution is 5.69. The van der Waals surface area contributed by atoms with Crippen molar-refractivity contribution in [3.05, 3.63) is 11.9 Å². The Morgan fingerprint density at radius 2 is 2.11 bits per heavy atom. The second kappa shape index (κ2) is 7.41. The zero-order chi connectivity index (χ0) is 13.4. The van der Waals surface area contributed by atoms with E-state index in [0.29, 0.717) is 24.0 Å². The fraction of sp³-hybridized carbons (Fsp3) is 0.500. The average molecular weight is 255 g/mol. The van der Waals surface area contributed by atoms with Gasteiger partial charge in [-0.15, -0.1) is 0 Å². The summed E-state index contributed by atoms with van der Waals surface area (Å²) in [5.41, 5.74) is 2.44. The van der Waals surface area contributed by atoms with E-state index in [0.717, 1.165) is 0 Å². The molecule has 1 heterocycles. The van der Waals surface area contributed by atoms with Crippen LogP contribution in [-0.2, 0) is 20.9 Å². The van der Waals surface area contributed by atoms with Crippen molar-refractivity contribution < 1.29 is 14.3 Å². The molecule has 0 fully saturated rings. The number of ether oxygens (including phenoxy) is 2. The molecule has 0 aliphatic rings. The molecule has 0 aromatic carbocycles. The van der Waals surface area contributed by atoms with Crippen molar-refractivity contribution in [2.75, 3.05) is 31.5 Å². The van der Waals surface area contributed by atoms with Crippen LogP contribution in [0.1, 0.15) is 12.2 Å². The van der Waals surface area contributed by atoms with E-state index in [1.54, 1.807) is 13.2 Å². The van der Waals surface area contributed by atoms with Gasteiger partial charge in [-0.3, -0.25) is 4.79 Å². The Balaban J connectivity index is 2.63. The number of nitrogen functional groups attached to an aromatic ring is 1. The van der Waals surface area contributed by atoms with Crippen LogP contribution in [0.5, 0.6) is 0 Å². The number of nitrogens with zero attached hydrogens (tertiary/aromatic N) is 2. The largest absolute Gasteiger partial charge is 0.469 e. The zero-order valence-corrected chi connectivity index (χ0v) is 10.4. The molecular formula is C10H17N5O3. The maximum absolute atomic E-state index is 10.9. The van der Waals surface area contributed by atoms with Crippen molar-refractivity contribution >= 4 is 17.6 Å². The molecule has 0 spiro atoms. The quantitative estimate of drug-likeness (QED) is 0.351. The molecule has 8 heteroatoms.